The predicted molar refractivity (Wildman–Crippen MR) is 90.2 cm³/mol. The van der Waals surface area contributed by atoms with E-state index in [2.05, 4.69) is 44.8 Å². The summed E-state index contributed by atoms with van der Waals surface area (Å²) in [6, 6.07) is 0. The van der Waals surface area contributed by atoms with E-state index in [1.807, 2.05) is 0 Å². The van der Waals surface area contributed by atoms with Crippen molar-refractivity contribution in [3.63, 3.8) is 0 Å². The molecule has 2 unspecified atom stereocenters. The van der Waals surface area contributed by atoms with Gasteiger partial charge in [0.2, 0.25) is 0 Å². The van der Waals surface area contributed by atoms with Crippen LogP contribution in [0.4, 0.5) is 0 Å². The molecule has 120 valence electrons. The Morgan fingerprint density at radius 1 is 1.30 bits per heavy atom. The Bertz CT molecular complexity index is 252. The molecule has 1 aliphatic carbocycles. The second-order valence-corrected chi connectivity index (χ2v) is 7.60. The zero-order chi connectivity index (χ0) is 15.0. The van der Waals surface area contributed by atoms with E-state index < -0.39 is 0 Å². The molecule has 0 spiro atoms. The summed E-state index contributed by atoms with van der Waals surface area (Å²) < 4.78 is 0. The maximum atomic E-state index is 3.76. The third-order valence-corrected chi connectivity index (χ3v) is 4.78. The Balaban J connectivity index is 2.62. The van der Waals surface area contributed by atoms with E-state index in [9.17, 15) is 0 Å². The Morgan fingerprint density at radius 2 is 2.05 bits per heavy atom. The zero-order valence-electron chi connectivity index (χ0n) is 14.7. The van der Waals surface area contributed by atoms with E-state index in [0.29, 0.717) is 5.41 Å². The Labute approximate surface area is 127 Å². The number of hydrogen-bond acceptors (Lipinski definition) is 2. The predicted octanol–water partition coefficient (Wildman–Crippen LogP) is 4.16. The molecule has 1 aliphatic rings. The molecule has 0 heterocycles. The van der Waals surface area contributed by atoms with Crippen LogP contribution in [0.2, 0.25) is 0 Å². The highest BCUT2D eigenvalue weighted by molar-refractivity contribution is 4.90. The van der Waals surface area contributed by atoms with Crippen molar-refractivity contribution in [2.24, 2.45) is 17.3 Å². The van der Waals surface area contributed by atoms with Crippen molar-refractivity contribution in [3.05, 3.63) is 0 Å². The first kappa shape index (κ1) is 18.0. The molecule has 2 heteroatoms. The van der Waals surface area contributed by atoms with Crippen molar-refractivity contribution in [1.82, 2.24) is 10.2 Å². The van der Waals surface area contributed by atoms with Gasteiger partial charge in [0, 0.05) is 13.1 Å². The summed E-state index contributed by atoms with van der Waals surface area (Å²) in [4.78, 5) is 2.68. The third-order valence-electron chi connectivity index (χ3n) is 4.78. The molecule has 0 radical (unpaired) electrons. The molecule has 2 atom stereocenters. The Hall–Kier alpha value is -0.0800. The Kier molecular flexibility index (Phi) is 8.13. The standard InChI is InChI=1S/C18H38N2/c1-6-11-20(7-2)15-18(14-19-13-16(3)4)10-8-9-17(5)12-18/h16-17,19H,6-15H2,1-5H3. The van der Waals surface area contributed by atoms with Gasteiger partial charge >= 0.3 is 0 Å². The van der Waals surface area contributed by atoms with Gasteiger partial charge < -0.3 is 10.2 Å². The van der Waals surface area contributed by atoms with E-state index in [4.69, 9.17) is 0 Å². The van der Waals surface area contributed by atoms with Crippen molar-refractivity contribution < 1.29 is 0 Å². The summed E-state index contributed by atoms with van der Waals surface area (Å²) in [5.74, 6) is 1.66. The van der Waals surface area contributed by atoms with Crippen LogP contribution in [0.15, 0.2) is 0 Å². The van der Waals surface area contributed by atoms with E-state index in [0.717, 1.165) is 18.4 Å². The van der Waals surface area contributed by atoms with Crippen LogP contribution in [0.5, 0.6) is 0 Å². The minimum atomic E-state index is 0.526. The van der Waals surface area contributed by atoms with Crippen LogP contribution in [-0.2, 0) is 0 Å². The van der Waals surface area contributed by atoms with Crippen LogP contribution in [0.25, 0.3) is 0 Å². The summed E-state index contributed by atoms with van der Waals surface area (Å²) in [6.45, 7) is 17.8. The molecule has 0 aromatic rings. The van der Waals surface area contributed by atoms with Crippen LogP contribution in [0, 0.1) is 17.3 Å². The van der Waals surface area contributed by atoms with Gasteiger partial charge in [0.15, 0.2) is 0 Å². The third kappa shape index (κ3) is 6.13. The van der Waals surface area contributed by atoms with E-state index >= 15 is 0 Å². The molecule has 1 rings (SSSR count). The lowest BCUT2D eigenvalue weighted by molar-refractivity contribution is 0.0817. The quantitative estimate of drug-likeness (QED) is 0.683. The number of nitrogens with one attached hydrogen (secondary N) is 1. The highest BCUT2D eigenvalue weighted by atomic mass is 15.1. The van der Waals surface area contributed by atoms with Gasteiger partial charge in [0.05, 0.1) is 0 Å². The monoisotopic (exact) mass is 282 g/mol. The molecule has 0 aromatic carbocycles. The van der Waals surface area contributed by atoms with Crippen molar-refractivity contribution in [2.45, 2.75) is 66.7 Å². The number of rotatable bonds is 9. The minimum absolute atomic E-state index is 0.526. The summed E-state index contributed by atoms with van der Waals surface area (Å²) >= 11 is 0. The molecule has 0 aliphatic heterocycles. The maximum absolute atomic E-state index is 3.76. The molecule has 20 heavy (non-hydrogen) atoms. The zero-order valence-corrected chi connectivity index (χ0v) is 14.7. The minimum Gasteiger partial charge on any atom is -0.316 e. The van der Waals surface area contributed by atoms with Crippen LogP contribution in [-0.4, -0.2) is 37.6 Å². The van der Waals surface area contributed by atoms with Crippen LogP contribution in [0.1, 0.15) is 66.7 Å². The average molecular weight is 283 g/mol. The second-order valence-electron chi connectivity index (χ2n) is 7.60. The molecular formula is C18H38N2. The van der Waals surface area contributed by atoms with Gasteiger partial charge in [-0.3, -0.25) is 0 Å². The van der Waals surface area contributed by atoms with Gasteiger partial charge in [0.1, 0.15) is 0 Å². The van der Waals surface area contributed by atoms with E-state index in [1.54, 1.807) is 0 Å². The molecule has 1 N–H and O–H groups in total. The molecule has 1 saturated carbocycles. The van der Waals surface area contributed by atoms with Gasteiger partial charge in [-0.05, 0) is 56.1 Å². The molecule has 2 nitrogen and oxygen atoms in total. The molecule has 0 saturated heterocycles. The van der Waals surface area contributed by atoms with Gasteiger partial charge in [-0.25, -0.2) is 0 Å². The molecule has 0 amide bonds. The maximum Gasteiger partial charge on any atom is 0.00501 e. The molecule has 0 bridgehead atoms. The molecule has 1 fully saturated rings. The first-order valence-corrected chi connectivity index (χ1v) is 8.94. The number of hydrogen-bond donors (Lipinski definition) is 1. The lowest BCUT2D eigenvalue weighted by Crippen LogP contribution is -2.47. The summed E-state index contributed by atoms with van der Waals surface area (Å²) in [5.41, 5.74) is 0.526. The summed E-state index contributed by atoms with van der Waals surface area (Å²) in [6.07, 6.45) is 6.97. The lowest BCUT2D eigenvalue weighted by Gasteiger charge is -2.43. The fourth-order valence-electron chi connectivity index (χ4n) is 3.89. The van der Waals surface area contributed by atoms with E-state index in [-0.39, 0.29) is 0 Å². The summed E-state index contributed by atoms with van der Waals surface area (Å²) in [7, 11) is 0. The van der Waals surface area contributed by atoms with Gasteiger partial charge in [0.25, 0.3) is 0 Å². The first-order chi connectivity index (χ1) is 9.51. The van der Waals surface area contributed by atoms with E-state index in [1.165, 1.54) is 58.3 Å². The van der Waals surface area contributed by atoms with Crippen molar-refractivity contribution in [1.29, 1.82) is 0 Å². The topological polar surface area (TPSA) is 15.3 Å². The van der Waals surface area contributed by atoms with Gasteiger partial charge in [-0.1, -0.05) is 47.5 Å². The van der Waals surface area contributed by atoms with Gasteiger partial charge in [-0.2, -0.15) is 0 Å². The number of nitrogens with zero attached hydrogens (tertiary/aromatic N) is 1. The first-order valence-electron chi connectivity index (χ1n) is 8.94. The fourth-order valence-corrected chi connectivity index (χ4v) is 3.89. The smallest absolute Gasteiger partial charge is 0.00501 e. The van der Waals surface area contributed by atoms with Crippen LogP contribution in [0.3, 0.4) is 0 Å². The normalized spacial score (nSPS) is 27.4. The SMILES string of the molecule is CCCN(CC)CC1(CNCC(C)C)CCCC(C)C1. The average Bonchev–Trinajstić information content (AvgIpc) is 2.37. The van der Waals surface area contributed by atoms with Crippen molar-refractivity contribution in [2.75, 3.05) is 32.7 Å². The largest absolute Gasteiger partial charge is 0.316 e. The van der Waals surface area contributed by atoms with Crippen molar-refractivity contribution in [3.8, 4) is 0 Å². The summed E-state index contributed by atoms with van der Waals surface area (Å²) in [5, 5.41) is 3.76. The molecular weight excluding hydrogens is 244 g/mol. The van der Waals surface area contributed by atoms with Crippen LogP contribution >= 0.6 is 0 Å². The second kappa shape index (κ2) is 9.04. The van der Waals surface area contributed by atoms with Crippen LogP contribution < -0.4 is 5.32 Å². The van der Waals surface area contributed by atoms with Gasteiger partial charge in [-0.15, -0.1) is 0 Å². The highest BCUT2D eigenvalue weighted by Crippen LogP contribution is 2.39. The van der Waals surface area contributed by atoms with Crippen molar-refractivity contribution >= 4 is 0 Å². The Morgan fingerprint density at radius 3 is 2.60 bits per heavy atom. The highest BCUT2D eigenvalue weighted by Gasteiger charge is 2.35. The molecule has 0 aromatic heterocycles. The lowest BCUT2D eigenvalue weighted by atomic mass is 9.69. The fraction of sp³-hybridized carbons (Fsp3) is 1.00.